The SMILES string of the molecule is CCCC(C)N1CC=C[C@]23O[C@]4(CC)C=CCOC(=O)[C@@H]4[C@H]2C(=O)N([C@@H](CO)C(C)C)C3C1=O. The number of hydrogen-bond acceptors (Lipinski definition) is 6. The summed E-state index contributed by atoms with van der Waals surface area (Å²) in [6.07, 6.45) is 9.58. The summed E-state index contributed by atoms with van der Waals surface area (Å²) in [5.41, 5.74) is -2.34. The minimum atomic E-state index is -1.31. The van der Waals surface area contributed by atoms with E-state index >= 15 is 0 Å². The normalized spacial score (nSPS) is 36.7. The van der Waals surface area contributed by atoms with Crippen molar-refractivity contribution in [2.24, 2.45) is 17.8 Å². The van der Waals surface area contributed by atoms with Gasteiger partial charge in [-0.25, -0.2) is 0 Å². The number of aliphatic hydroxyl groups is 1. The lowest BCUT2D eigenvalue weighted by molar-refractivity contribution is -0.162. The van der Waals surface area contributed by atoms with Gasteiger partial charge in [0.05, 0.1) is 18.6 Å². The largest absolute Gasteiger partial charge is 0.461 e. The predicted octanol–water partition coefficient (Wildman–Crippen LogP) is 2.06. The molecule has 1 N–H and O–H groups in total. The quantitative estimate of drug-likeness (QED) is 0.448. The molecule has 8 heteroatoms. The standard InChI is InChI=1S/C26H38N2O6/c1-6-10-17(5)27-13-8-12-26-19(20-24(32)33-14-9-11-25(20,7-2)34-26)22(30)28(21(26)23(27)31)18(15-29)16(3)4/h8-9,11-12,16-21,29H,6-7,10,13-15H2,1-5H3/t17?,18-,19-,20-,21?,25+,26-/m0/s1. The molecule has 8 nitrogen and oxygen atoms in total. The summed E-state index contributed by atoms with van der Waals surface area (Å²) in [5.74, 6) is -2.85. The zero-order valence-corrected chi connectivity index (χ0v) is 20.9. The summed E-state index contributed by atoms with van der Waals surface area (Å²) in [4.78, 5) is 45.0. The molecule has 4 heterocycles. The number of nitrogens with zero attached hydrogens (tertiary/aromatic N) is 2. The Bertz CT molecular complexity index is 900. The molecule has 4 aliphatic heterocycles. The Hall–Kier alpha value is -2.19. The van der Waals surface area contributed by atoms with Crippen molar-refractivity contribution < 1.29 is 29.0 Å². The van der Waals surface area contributed by atoms with Gasteiger partial charge >= 0.3 is 5.97 Å². The van der Waals surface area contributed by atoms with Crippen molar-refractivity contribution in [3.63, 3.8) is 0 Å². The summed E-state index contributed by atoms with van der Waals surface area (Å²) >= 11 is 0. The van der Waals surface area contributed by atoms with Crippen LogP contribution in [0.3, 0.4) is 0 Å². The van der Waals surface area contributed by atoms with Gasteiger partial charge in [-0.2, -0.15) is 0 Å². The number of carbonyl (C=O) groups is 3. The maximum Gasteiger partial charge on any atom is 0.313 e. The van der Waals surface area contributed by atoms with E-state index in [0.717, 1.165) is 12.8 Å². The number of aliphatic hydroxyl groups excluding tert-OH is 1. The number of likely N-dealkylation sites (tertiary alicyclic amines) is 1. The van der Waals surface area contributed by atoms with Crippen LogP contribution in [0.25, 0.3) is 0 Å². The lowest BCUT2D eigenvalue weighted by atomic mass is 9.73. The number of ether oxygens (including phenoxy) is 2. The first-order valence-corrected chi connectivity index (χ1v) is 12.6. The molecular weight excluding hydrogens is 436 g/mol. The first kappa shape index (κ1) is 24.9. The molecule has 34 heavy (non-hydrogen) atoms. The van der Waals surface area contributed by atoms with Crippen molar-refractivity contribution in [3.05, 3.63) is 24.3 Å². The van der Waals surface area contributed by atoms with Crippen LogP contribution >= 0.6 is 0 Å². The lowest BCUT2D eigenvalue weighted by Crippen LogP contribution is -2.60. The molecule has 0 bridgehead atoms. The highest BCUT2D eigenvalue weighted by molar-refractivity contribution is 5.99. The molecule has 4 rings (SSSR count). The van der Waals surface area contributed by atoms with E-state index in [9.17, 15) is 19.5 Å². The molecule has 4 aliphatic rings. The maximum absolute atomic E-state index is 14.2. The van der Waals surface area contributed by atoms with Gasteiger partial charge in [0.1, 0.15) is 29.8 Å². The van der Waals surface area contributed by atoms with Crippen LogP contribution in [0.1, 0.15) is 53.9 Å². The third-order valence-electron chi connectivity index (χ3n) is 8.22. The average Bonchev–Trinajstić information content (AvgIpc) is 3.06. The van der Waals surface area contributed by atoms with Gasteiger partial charge in [-0.3, -0.25) is 14.4 Å². The van der Waals surface area contributed by atoms with Gasteiger partial charge in [0.15, 0.2) is 0 Å². The molecule has 188 valence electrons. The number of hydrogen-bond donors (Lipinski definition) is 1. The van der Waals surface area contributed by atoms with E-state index in [-0.39, 0.29) is 37.0 Å². The second-order valence-corrected chi connectivity index (χ2v) is 10.4. The second kappa shape index (κ2) is 9.11. The zero-order chi connectivity index (χ0) is 24.8. The third-order valence-corrected chi connectivity index (χ3v) is 8.22. The number of rotatable bonds is 7. The number of carbonyl (C=O) groups excluding carboxylic acids is 3. The first-order chi connectivity index (χ1) is 16.2. The highest BCUT2D eigenvalue weighted by Crippen LogP contribution is 2.59. The van der Waals surface area contributed by atoms with Crippen LogP contribution in [0.15, 0.2) is 24.3 Å². The van der Waals surface area contributed by atoms with Gasteiger partial charge in [0.25, 0.3) is 0 Å². The fourth-order valence-corrected chi connectivity index (χ4v) is 6.50. The number of cyclic esters (lactones) is 1. The average molecular weight is 475 g/mol. The Balaban J connectivity index is 1.91. The predicted molar refractivity (Wildman–Crippen MR) is 125 cm³/mol. The Morgan fingerprint density at radius 3 is 2.44 bits per heavy atom. The van der Waals surface area contributed by atoms with Crippen molar-refractivity contribution in [2.75, 3.05) is 19.8 Å². The van der Waals surface area contributed by atoms with Crippen LogP contribution in [0, 0.1) is 17.8 Å². The Labute approximate surface area is 201 Å². The Morgan fingerprint density at radius 2 is 1.82 bits per heavy atom. The van der Waals surface area contributed by atoms with Gasteiger partial charge in [-0.05, 0) is 31.8 Å². The van der Waals surface area contributed by atoms with Crippen molar-refractivity contribution in [1.29, 1.82) is 0 Å². The number of amides is 2. The molecule has 0 radical (unpaired) electrons. The number of fused-ring (bicyclic) bond motifs is 2. The van der Waals surface area contributed by atoms with Crippen LogP contribution in [-0.2, 0) is 23.9 Å². The highest BCUT2D eigenvalue weighted by atomic mass is 16.6. The fraction of sp³-hybridized carbons (Fsp3) is 0.731. The van der Waals surface area contributed by atoms with Gasteiger partial charge in [-0.15, -0.1) is 0 Å². The molecule has 0 saturated carbocycles. The summed E-state index contributed by atoms with van der Waals surface area (Å²) in [6, 6.07) is -1.55. The zero-order valence-electron chi connectivity index (χ0n) is 20.9. The second-order valence-electron chi connectivity index (χ2n) is 10.4. The maximum atomic E-state index is 14.2. The van der Waals surface area contributed by atoms with Crippen LogP contribution in [0.5, 0.6) is 0 Å². The number of esters is 1. The summed E-state index contributed by atoms with van der Waals surface area (Å²) in [7, 11) is 0. The summed E-state index contributed by atoms with van der Waals surface area (Å²) in [5, 5.41) is 10.3. The van der Waals surface area contributed by atoms with Gasteiger partial charge in [0.2, 0.25) is 11.8 Å². The Morgan fingerprint density at radius 1 is 1.09 bits per heavy atom. The van der Waals surface area contributed by atoms with E-state index in [0.29, 0.717) is 13.0 Å². The summed E-state index contributed by atoms with van der Waals surface area (Å²) < 4.78 is 12.3. The molecule has 0 aromatic rings. The van der Waals surface area contributed by atoms with E-state index in [2.05, 4.69) is 6.92 Å². The summed E-state index contributed by atoms with van der Waals surface area (Å²) in [6.45, 7) is 10.1. The molecule has 7 atom stereocenters. The van der Waals surface area contributed by atoms with E-state index in [4.69, 9.17) is 9.47 Å². The van der Waals surface area contributed by atoms with Crippen LogP contribution in [0.4, 0.5) is 0 Å². The monoisotopic (exact) mass is 474 g/mol. The molecule has 0 aromatic heterocycles. The van der Waals surface area contributed by atoms with Crippen molar-refractivity contribution in [3.8, 4) is 0 Å². The molecule has 2 saturated heterocycles. The van der Waals surface area contributed by atoms with E-state index in [1.54, 1.807) is 11.0 Å². The van der Waals surface area contributed by atoms with Crippen LogP contribution in [0.2, 0.25) is 0 Å². The van der Waals surface area contributed by atoms with Gasteiger partial charge in [0, 0.05) is 12.6 Å². The molecule has 0 aliphatic carbocycles. The first-order valence-electron chi connectivity index (χ1n) is 12.6. The lowest BCUT2D eigenvalue weighted by Gasteiger charge is -2.42. The Kier molecular flexibility index (Phi) is 6.68. The van der Waals surface area contributed by atoms with E-state index < -0.39 is 41.1 Å². The molecule has 2 amide bonds. The van der Waals surface area contributed by atoms with Crippen molar-refractivity contribution >= 4 is 17.8 Å². The highest BCUT2D eigenvalue weighted by Gasteiger charge is 2.76. The molecular formula is C26H38N2O6. The molecule has 1 spiro atoms. The van der Waals surface area contributed by atoms with Gasteiger partial charge < -0.3 is 24.4 Å². The molecule has 0 aromatic carbocycles. The fourth-order valence-electron chi connectivity index (χ4n) is 6.50. The van der Waals surface area contributed by atoms with E-state index in [1.807, 2.05) is 45.9 Å². The molecule has 2 unspecified atom stereocenters. The van der Waals surface area contributed by atoms with Gasteiger partial charge in [-0.1, -0.05) is 52.3 Å². The minimum Gasteiger partial charge on any atom is -0.461 e. The van der Waals surface area contributed by atoms with Crippen molar-refractivity contribution in [1.82, 2.24) is 9.80 Å². The third kappa shape index (κ3) is 3.44. The molecule has 2 fully saturated rings. The minimum absolute atomic E-state index is 0.0168. The van der Waals surface area contributed by atoms with Crippen LogP contribution in [-0.4, -0.2) is 81.8 Å². The van der Waals surface area contributed by atoms with E-state index in [1.165, 1.54) is 4.90 Å². The smallest absolute Gasteiger partial charge is 0.313 e. The van der Waals surface area contributed by atoms with Crippen LogP contribution < -0.4 is 0 Å². The van der Waals surface area contributed by atoms with Crippen molar-refractivity contribution in [2.45, 2.75) is 83.2 Å². The topological polar surface area (TPSA) is 96.4 Å².